The third-order valence-corrected chi connectivity index (χ3v) is 8.01. The summed E-state index contributed by atoms with van der Waals surface area (Å²) < 4.78 is 5.32. The van der Waals surface area contributed by atoms with Gasteiger partial charge in [0.25, 0.3) is 0 Å². The molecule has 0 bridgehead atoms. The Balaban J connectivity index is 1.34. The highest BCUT2D eigenvalue weighted by Gasteiger charge is 2.42. The number of piperidine rings is 2. The smallest absolute Gasteiger partial charge is 0.248 e. The minimum atomic E-state index is -0.723. The number of carbonyl (C=O) groups is 3. The number of nitrogens with zero attached hydrogens (tertiary/aromatic N) is 2. The molecular weight excluding hydrogens is 460 g/mol. The maximum absolute atomic E-state index is 13.5. The fourth-order valence-electron chi connectivity index (χ4n) is 5.76. The standard InChI is InChI=1S/C27H40N4O5/c1-18(2)21-4-3-5-22(16-21)20-6-8-31(9-7-20)27(34)25-23(26(33)29-35)14-19(17-28-25)15-24(32)30-10-12-36-13-11-30/h3-5,16,18-20,23,25,28,35H,6-15,17H2,1-2H3,(H,29,33)/t19-,23-,25-/m0/s1. The predicted octanol–water partition coefficient (Wildman–Crippen LogP) is 1.86. The van der Waals surface area contributed by atoms with Gasteiger partial charge in [-0.3, -0.25) is 19.6 Å². The molecule has 3 amide bonds. The summed E-state index contributed by atoms with van der Waals surface area (Å²) in [6, 6.07) is 8.04. The Bertz CT molecular complexity index is 924. The molecule has 0 aromatic heterocycles. The number of ether oxygens (including phenoxy) is 1. The van der Waals surface area contributed by atoms with Crippen molar-refractivity contribution in [2.45, 2.75) is 57.4 Å². The molecule has 36 heavy (non-hydrogen) atoms. The van der Waals surface area contributed by atoms with Gasteiger partial charge in [-0.1, -0.05) is 38.1 Å². The van der Waals surface area contributed by atoms with Gasteiger partial charge in [0.2, 0.25) is 17.7 Å². The molecule has 1 aromatic rings. The Morgan fingerprint density at radius 1 is 1.11 bits per heavy atom. The van der Waals surface area contributed by atoms with Crippen molar-refractivity contribution >= 4 is 17.7 Å². The van der Waals surface area contributed by atoms with Crippen molar-refractivity contribution in [1.29, 1.82) is 0 Å². The molecule has 3 aliphatic rings. The number of likely N-dealkylation sites (tertiary alicyclic amines) is 1. The van der Waals surface area contributed by atoms with Crippen molar-refractivity contribution in [3.05, 3.63) is 35.4 Å². The number of hydroxylamine groups is 1. The van der Waals surface area contributed by atoms with E-state index in [9.17, 15) is 19.6 Å². The van der Waals surface area contributed by atoms with Crippen molar-refractivity contribution < 1.29 is 24.3 Å². The van der Waals surface area contributed by atoms with Crippen molar-refractivity contribution in [1.82, 2.24) is 20.6 Å². The average molecular weight is 501 g/mol. The Kier molecular flexibility index (Phi) is 8.98. The Labute approximate surface area is 213 Å². The van der Waals surface area contributed by atoms with Crippen molar-refractivity contribution in [2.75, 3.05) is 45.9 Å². The number of benzene rings is 1. The molecule has 3 N–H and O–H groups in total. The molecule has 3 heterocycles. The van der Waals surface area contributed by atoms with E-state index >= 15 is 0 Å². The summed E-state index contributed by atoms with van der Waals surface area (Å²) in [5, 5.41) is 12.6. The molecule has 0 spiro atoms. The summed E-state index contributed by atoms with van der Waals surface area (Å²) in [7, 11) is 0. The zero-order valence-corrected chi connectivity index (χ0v) is 21.4. The molecule has 198 valence electrons. The van der Waals surface area contributed by atoms with E-state index in [0.29, 0.717) is 70.6 Å². The van der Waals surface area contributed by atoms with E-state index in [2.05, 4.69) is 43.4 Å². The number of nitrogens with one attached hydrogen (secondary N) is 2. The number of rotatable bonds is 6. The van der Waals surface area contributed by atoms with Crippen molar-refractivity contribution in [3.63, 3.8) is 0 Å². The molecule has 3 fully saturated rings. The van der Waals surface area contributed by atoms with Gasteiger partial charge in [-0.15, -0.1) is 0 Å². The molecule has 0 saturated carbocycles. The predicted molar refractivity (Wildman–Crippen MR) is 134 cm³/mol. The molecule has 0 radical (unpaired) electrons. The Morgan fingerprint density at radius 3 is 2.50 bits per heavy atom. The van der Waals surface area contributed by atoms with Crippen molar-refractivity contribution in [3.8, 4) is 0 Å². The van der Waals surface area contributed by atoms with Crippen molar-refractivity contribution in [2.24, 2.45) is 11.8 Å². The van der Waals surface area contributed by atoms with Gasteiger partial charge < -0.3 is 19.9 Å². The normalized spacial score (nSPS) is 25.6. The van der Waals surface area contributed by atoms with Crippen LogP contribution in [-0.2, 0) is 19.1 Å². The second-order valence-corrected chi connectivity index (χ2v) is 10.7. The van der Waals surface area contributed by atoms with Gasteiger partial charge in [-0.05, 0) is 54.7 Å². The van der Waals surface area contributed by atoms with Crippen LogP contribution in [0.15, 0.2) is 24.3 Å². The van der Waals surface area contributed by atoms with Gasteiger partial charge >= 0.3 is 0 Å². The quantitative estimate of drug-likeness (QED) is 0.406. The zero-order chi connectivity index (χ0) is 25.7. The van der Waals surface area contributed by atoms with E-state index in [1.807, 2.05) is 4.90 Å². The van der Waals surface area contributed by atoms with Crippen LogP contribution in [0.2, 0.25) is 0 Å². The van der Waals surface area contributed by atoms with E-state index in [1.165, 1.54) is 11.1 Å². The summed E-state index contributed by atoms with van der Waals surface area (Å²) in [6.45, 7) is 8.40. The molecule has 9 heteroatoms. The van der Waals surface area contributed by atoms with Crippen LogP contribution in [0.1, 0.15) is 62.5 Å². The van der Waals surface area contributed by atoms with Gasteiger partial charge in [-0.25, -0.2) is 5.48 Å². The van der Waals surface area contributed by atoms with Crippen LogP contribution in [0.5, 0.6) is 0 Å². The van der Waals surface area contributed by atoms with E-state index in [-0.39, 0.29) is 17.7 Å². The third-order valence-electron chi connectivity index (χ3n) is 8.01. The number of amides is 3. The minimum absolute atomic E-state index is 0.0432. The fraction of sp³-hybridized carbons (Fsp3) is 0.667. The van der Waals surface area contributed by atoms with Crippen LogP contribution < -0.4 is 10.8 Å². The number of carbonyl (C=O) groups excluding carboxylic acids is 3. The SMILES string of the molecule is CC(C)c1cccc(C2CCN(C(=O)[C@H]3NC[C@H](CC(=O)N4CCOCC4)C[C@@H]3C(=O)NO)CC2)c1. The van der Waals surface area contributed by atoms with Gasteiger partial charge in [0.15, 0.2) is 0 Å². The molecule has 3 aliphatic heterocycles. The molecule has 0 aliphatic carbocycles. The summed E-state index contributed by atoms with van der Waals surface area (Å²) >= 11 is 0. The molecule has 0 unspecified atom stereocenters. The largest absolute Gasteiger partial charge is 0.378 e. The minimum Gasteiger partial charge on any atom is -0.378 e. The molecule has 3 atom stereocenters. The van der Waals surface area contributed by atoms with Gasteiger partial charge in [0, 0.05) is 32.6 Å². The maximum Gasteiger partial charge on any atom is 0.248 e. The van der Waals surface area contributed by atoms with Crippen LogP contribution in [0.25, 0.3) is 0 Å². The molecular formula is C27H40N4O5. The van der Waals surface area contributed by atoms with E-state index in [1.54, 1.807) is 10.4 Å². The topological polar surface area (TPSA) is 111 Å². The molecule has 9 nitrogen and oxygen atoms in total. The fourth-order valence-corrected chi connectivity index (χ4v) is 5.76. The summed E-state index contributed by atoms with van der Waals surface area (Å²) in [6.07, 6.45) is 2.45. The first-order valence-corrected chi connectivity index (χ1v) is 13.3. The lowest BCUT2D eigenvalue weighted by Gasteiger charge is -2.40. The van der Waals surface area contributed by atoms with E-state index < -0.39 is 17.9 Å². The first-order valence-electron chi connectivity index (χ1n) is 13.3. The second kappa shape index (κ2) is 12.2. The Hall–Kier alpha value is -2.49. The number of hydrogen-bond acceptors (Lipinski definition) is 6. The highest BCUT2D eigenvalue weighted by atomic mass is 16.5. The number of hydrogen-bond donors (Lipinski definition) is 3. The summed E-state index contributed by atoms with van der Waals surface area (Å²) in [5.41, 5.74) is 4.40. The summed E-state index contributed by atoms with van der Waals surface area (Å²) in [5.74, 6) is -0.544. The van der Waals surface area contributed by atoms with Crippen LogP contribution >= 0.6 is 0 Å². The number of morpholine rings is 1. The van der Waals surface area contributed by atoms with E-state index in [0.717, 1.165) is 12.8 Å². The van der Waals surface area contributed by atoms with Crippen LogP contribution in [-0.4, -0.2) is 84.7 Å². The summed E-state index contributed by atoms with van der Waals surface area (Å²) in [4.78, 5) is 42.3. The maximum atomic E-state index is 13.5. The molecule has 1 aromatic carbocycles. The van der Waals surface area contributed by atoms with Gasteiger partial charge in [-0.2, -0.15) is 0 Å². The first-order chi connectivity index (χ1) is 17.4. The lowest BCUT2D eigenvalue weighted by molar-refractivity contribution is -0.146. The van der Waals surface area contributed by atoms with Crippen LogP contribution in [0, 0.1) is 11.8 Å². The average Bonchev–Trinajstić information content (AvgIpc) is 2.92. The van der Waals surface area contributed by atoms with Crippen LogP contribution in [0.3, 0.4) is 0 Å². The highest BCUT2D eigenvalue weighted by molar-refractivity contribution is 5.90. The van der Waals surface area contributed by atoms with Gasteiger partial charge in [0.05, 0.1) is 25.2 Å². The molecule has 3 saturated heterocycles. The highest BCUT2D eigenvalue weighted by Crippen LogP contribution is 2.32. The van der Waals surface area contributed by atoms with E-state index in [4.69, 9.17) is 4.74 Å². The van der Waals surface area contributed by atoms with Gasteiger partial charge in [0.1, 0.15) is 0 Å². The third kappa shape index (κ3) is 6.25. The lowest BCUT2D eigenvalue weighted by Crippen LogP contribution is -2.59. The second-order valence-electron chi connectivity index (χ2n) is 10.7. The first kappa shape index (κ1) is 26.6. The lowest BCUT2D eigenvalue weighted by atomic mass is 9.81. The zero-order valence-electron chi connectivity index (χ0n) is 21.4. The Morgan fingerprint density at radius 2 is 1.83 bits per heavy atom. The monoisotopic (exact) mass is 500 g/mol. The molecule has 4 rings (SSSR count). The van der Waals surface area contributed by atoms with Crippen LogP contribution in [0.4, 0.5) is 0 Å².